The fourth-order valence-electron chi connectivity index (χ4n) is 8.76. The van der Waals surface area contributed by atoms with Gasteiger partial charge in [-0.25, -0.2) is 0 Å². The third kappa shape index (κ3) is 57.2. The van der Waals surface area contributed by atoms with Gasteiger partial charge in [0, 0.05) is 19.4 Å². The lowest BCUT2D eigenvalue weighted by atomic mass is 9.90. The average molecular weight is 865 g/mol. The molecule has 0 aliphatic carbocycles. The number of unbranched alkanes of at least 4 members (excludes halogenated alkanes) is 22. The van der Waals surface area contributed by atoms with E-state index in [1.807, 2.05) is 0 Å². The predicted octanol–water partition coefficient (Wildman–Crippen LogP) is 18.8. The highest BCUT2D eigenvalue weighted by molar-refractivity contribution is 5.75. The second-order valence-corrected chi connectivity index (χ2v) is 19.6. The van der Waals surface area contributed by atoms with E-state index >= 15 is 0 Å². The van der Waals surface area contributed by atoms with E-state index in [0.29, 0.717) is 11.6 Å². The molecule has 0 bridgehead atoms. The molecule has 61 heavy (non-hydrogen) atoms. The van der Waals surface area contributed by atoms with E-state index in [1.165, 1.54) is 238 Å². The number of hydrogen-bond acceptors (Lipinski definition) is 4. The number of Topliss-reactive ketones (excluding diaryl/α,β-unsaturated/α-hetero) is 2. The van der Waals surface area contributed by atoms with Gasteiger partial charge in [0.15, 0.2) is 0 Å². The lowest BCUT2D eigenvalue weighted by Gasteiger charge is -2.25. The summed E-state index contributed by atoms with van der Waals surface area (Å²) in [6, 6.07) is 0. The van der Waals surface area contributed by atoms with Crippen molar-refractivity contribution in [3.8, 4) is 0 Å². The molecule has 0 fully saturated rings. The van der Waals surface area contributed by atoms with Gasteiger partial charge in [-0.3, -0.25) is 0 Å². The van der Waals surface area contributed by atoms with Crippen LogP contribution in [0.1, 0.15) is 319 Å². The van der Waals surface area contributed by atoms with E-state index in [-0.39, 0.29) is 6.10 Å². The van der Waals surface area contributed by atoms with Crippen molar-refractivity contribution in [2.45, 2.75) is 325 Å². The van der Waals surface area contributed by atoms with E-state index in [0.717, 1.165) is 50.5 Å². The van der Waals surface area contributed by atoms with Crippen molar-refractivity contribution in [1.82, 2.24) is 4.90 Å². The normalized spacial score (nSPS) is 12.7. The van der Waals surface area contributed by atoms with Gasteiger partial charge in [0.05, 0.1) is 6.10 Å². The summed E-state index contributed by atoms with van der Waals surface area (Å²) in [5.74, 6) is 2.56. The molecule has 0 aliphatic rings. The number of ketones is 2. The number of carbonyl (C=O) groups excluding carboxylic acids is 2. The summed E-state index contributed by atoms with van der Waals surface area (Å²) in [5.41, 5.74) is 0. The lowest BCUT2D eigenvalue weighted by Crippen LogP contribution is -2.34. The van der Waals surface area contributed by atoms with E-state index in [9.17, 15) is 14.7 Å². The Hall–Kier alpha value is -0.740. The first-order chi connectivity index (χ1) is 29.6. The van der Waals surface area contributed by atoms with Crippen molar-refractivity contribution in [1.29, 1.82) is 0 Å². The highest BCUT2D eigenvalue weighted by Crippen LogP contribution is 2.25. The van der Waals surface area contributed by atoms with Gasteiger partial charge in [0.25, 0.3) is 0 Å². The molecule has 0 heterocycles. The SMILES string of the molecule is CCCCCCCC(CCCCC)CCCCC(C)=O.CCCCCCCC(CCCCC)CCCCC(C)=O.CCCCCCCN(CCCCC)CC(O)CCCCC. The molecule has 1 N–H and O–H groups in total. The number of nitrogens with zero attached hydrogens (tertiary/aromatic N) is 1. The van der Waals surface area contributed by atoms with Crippen LogP contribution in [0.25, 0.3) is 0 Å². The van der Waals surface area contributed by atoms with E-state index in [4.69, 9.17) is 0 Å². The Balaban J connectivity index is -0.000000828. The van der Waals surface area contributed by atoms with Crippen LogP contribution in [-0.2, 0) is 9.59 Å². The zero-order chi connectivity index (χ0) is 45.9. The Labute approximate surface area is 386 Å². The van der Waals surface area contributed by atoms with Crippen LogP contribution in [0.15, 0.2) is 0 Å². The summed E-state index contributed by atoms with van der Waals surface area (Å²) in [7, 11) is 0. The van der Waals surface area contributed by atoms with Crippen molar-refractivity contribution >= 4 is 11.6 Å². The Bertz CT molecular complexity index is 783. The molecule has 0 aromatic carbocycles. The summed E-state index contributed by atoms with van der Waals surface area (Å²) < 4.78 is 0. The molecule has 3 unspecified atom stereocenters. The fourth-order valence-corrected chi connectivity index (χ4v) is 8.76. The maximum absolute atomic E-state index is 11.0. The van der Waals surface area contributed by atoms with Crippen LogP contribution in [0.2, 0.25) is 0 Å². The summed E-state index contributed by atoms with van der Waals surface area (Å²) in [4.78, 5) is 24.5. The van der Waals surface area contributed by atoms with Gasteiger partial charge in [0.1, 0.15) is 11.6 Å². The molecule has 0 spiro atoms. The molecule has 0 saturated carbocycles. The fraction of sp³-hybridized carbons (Fsp3) is 0.965. The van der Waals surface area contributed by atoms with Crippen LogP contribution in [0.3, 0.4) is 0 Å². The number of rotatable bonds is 46. The molecular weight excluding hydrogens is 747 g/mol. The van der Waals surface area contributed by atoms with Crippen LogP contribution < -0.4 is 0 Å². The second kappa shape index (κ2) is 55.4. The standard InChI is InChI=1S/C19H41NO.2C19H38O/c1-4-7-10-11-14-17-20(16-13-9-6-3)18-19(21)15-12-8-5-2;2*1-4-6-8-9-11-16-19(15-10-7-5-2)17-13-12-14-18(3)20/h19,21H,4-18H2,1-3H3;2*19H,4-17H2,1-3H3. The highest BCUT2D eigenvalue weighted by Gasteiger charge is 2.12. The first kappa shape index (κ1) is 64.5. The minimum Gasteiger partial charge on any atom is -0.392 e. The molecule has 0 aromatic heterocycles. The van der Waals surface area contributed by atoms with Crippen LogP contribution >= 0.6 is 0 Å². The van der Waals surface area contributed by atoms with Crippen molar-refractivity contribution < 1.29 is 14.7 Å². The van der Waals surface area contributed by atoms with E-state index in [2.05, 4.69) is 53.4 Å². The average Bonchev–Trinajstić information content (AvgIpc) is 3.23. The number of carbonyl (C=O) groups is 2. The summed E-state index contributed by atoms with van der Waals surface area (Å²) in [5, 5.41) is 10.2. The molecule has 0 rings (SSSR count). The molecule has 3 atom stereocenters. The molecule has 4 nitrogen and oxygen atoms in total. The highest BCUT2D eigenvalue weighted by atomic mass is 16.3. The first-order valence-corrected chi connectivity index (χ1v) is 28.0. The summed E-state index contributed by atoms with van der Waals surface area (Å²) >= 11 is 0. The van der Waals surface area contributed by atoms with Gasteiger partial charge in [-0.05, 0) is 70.9 Å². The van der Waals surface area contributed by atoms with Gasteiger partial charge in [-0.1, -0.05) is 260 Å². The Morgan fingerprint density at radius 3 is 0.934 bits per heavy atom. The van der Waals surface area contributed by atoms with Crippen LogP contribution in [0.5, 0.6) is 0 Å². The van der Waals surface area contributed by atoms with Crippen LogP contribution in [0, 0.1) is 11.8 Å². The topological polar surface area (TPSA) is 57.6 Å². The van der Waals surface area contributed by atoms with Crippen molar-refractivity contribution in [2.75, 3.05) is 19.6 Å². The monoisotopic (exact) mass is 864 g/mol. The largest absolute Gasteiger partial charge is 0.392 e. The van der Waals surface area contributed by atoms with Gasteiger partial charge in [-0.15, -0.1) is 0 Å². The summed E-state index contributed by atoms with van der Waals surface area (Å²) in [6.07, 6.45) is 52.1. The molecule has 0 amide bonds. The Kier molecular flexibility index (Phi) is 58.6. The first-order valence-electron chi connectivity index (χ1n) is 28.0. The van der Waals surface area contributed by atoms with Crippen molar-refractivity contribution in [2.24, 2.45) is 11.8 Å². The van der Waals surface area contributed by atoms with Gasteiger partial charge in [-0.2, -0.15) is 0 Å². The Morgan fingerprint density at radius 2 is 0.590 bits per heavy atom. The number of hydrogen-bond donors (Lipinski definition) is 1. The van der Waals surface area contributed by atoms with Crippen molar-refractivity contribution in [3.05, 3.63) is 0 Å². The number of aliphatic hydroxyl groups is 1. The molecule has 0 aliphatic heterocycles. The van der Waals surface area contributed by atoms with Crippen LogP contribution in [0.4, 0.5) is 0 Å². The predicted molar refractivity (Wildman–Crippen MR) is 275 cm³/mol. The maximum atomic E-state index is 11.0. The molecule has 4 heteroatoms. The Morgan fingerprint density at radius 1 is 0.344 bits per heavy atom. The van der Waals surface area contributed by atoms with Crippen LogP contribution in [-0.4, -0.2) is 47.3 Å². The molecule has 0 saturated heterocycles. The van der Waals surface area contributed by atoms with Crippen molar-refractivity contribution in [3.63, 3.8) is 0 Å². The van der Waals surface area contributed by atoms with Gasteiger partial charge in [0.2, 0.25) is 0 Å². The molecule has 0 radical (unpaired) electrons. The smallest absolute Gasteiger partial charge is 0.129 e. The van der Waals surface area contributed by atoms with Gasteiger partial charge >= 0.3 is 0 Å². The van der Waals surface area contributed by atoms with E-state index < -0.39 is 0 Å². The zero-order valence-corrected chi connectivity index (χ0v) is 43.8. The third-order valence-corrected chi connectivity index (χ3v) is 12.9. The minimum atomic E-state index is -0.117. The van der Waals surface area contributed by atoms with E-state index in [1.54, 1.807) is 13.8 Å². The minimum absolute atomic E-state index is 0.117. The molecular formula is C57H117NO3. The van der Waals surface area contributed by atoms with Gasteiger partial charge < -0.3 is 19.6 Å². The lowest BCUT2D eigenvalue weighted by molar-refractivity contribution is -0.118. The zero-order valence-electron chi connectivity index (χ0n) is 43.8. The third-order valence-electron chi connectivity index (χ3n) is 12.9. The maximum Gasteiger partial charge on any atom is 0.129 e. The molecule has 368 valence electrons. The quantitative estimate of drug-likeness (QED) is 0.0620. The second-order valence-electron chi connectivity index (χ2n) is 19.6. The number of aliphatic hydroxyl groups excluding tert-OH is 1. The summed E-state index contributed by atoms with van der Waals surface area (Å²) in [6.45, 7) is 22.5. The molecule has 0 aromatic rings.